The Balaban J connectivity index is 2.12. The summed E-state index contributed by atoms with van der Waals surface area (Å²) < 4.78 is 45.4. The second-order valence-electron chi connectivity index (χ2n) is 6.42. The maximum absolute atomic E-state index is 13.7. The van der Waals surface area contributed by atoms with Crippen molar-refractivity contribution in [1.82, 2.24) is 0 Å². The minimum atomic E-state index is -3.94. The first-order valence-corrected chi connectivity index (χ1v) is 10.3. The number of esters is 1. The molecule has 1 aliphatic rings. The van der Waals surface area contributed by atoms with E-state index in [2.05, 4.69) is 0 Å². The summed E-state index contributed by atoms with van der Waals surface area (Å²) in [6.07, 6.45) is 0. The van der Waals surface area contributed by atoms with E-state index in [9.17, 15) is 17.6 Å². The minimum absolute atomic E-state index is 0.0259. The lowest BCUT2D eigenvalue weighted by Gasteiger charge is -2.14. The third-order valence-corrected chi connectivity index (χ3v) is 7.48. The highest BCUT2D eigenvalue weighted by Crippen LogP contribution is 2.64. The molecule has 3 rings (SSSR count). The molecule has 0 aliphatic heterocycles. The zero-order valence-electron chi connectivity index (χ0n) is 14.6. The van der Waals surface area contributed by atoms with Gasteiger partial charge in [0, 0.05) is 17.5 Å². The van der Waals surface area contributed by atoms with Crippen LogP contribution in [-0.4, -0.2) is 32.8 Å². The molecule has 5 nitrogen and oxygen atoms in total. The summed E-state index contributed by atoms with van der Waals surface area (Å²) in [5.41, 5.74) is 4.82. The zero-order chi connectivity index (χ0) is 19.8. The van der Waals surface area contributed by atoms with Crippen LogP contribution in [0.5, 0.6) is 0 Å². The van der Waals surface area contributed by atoms with Crippen LogP contribution in [0.15, 0.2) is 53.4 Å². The normalized spacial score (nSPS) is 24.4. The van der Waals surface area contributed by atoms with Crippen LogP contribution in [0.3, 0.4) is 0 Å². The van der Waals surface area contributed by atoms with E-state index in [1.807, 2.05) is 0 Å². The molecule has 144 valence electrons. The van der Waals surface area contributed by atoms with Crippen LogP contribution < -0.4 is 5.73 Å². The molecule has 0 amide bonds. The molecule has 2 N–H and O–H groups in total. The Hall–Kier alpha value is -1.96. The fourth-order valence-corrected chi connectivity index (χ4v) is 6.15. The summed E-state index contributed by atoms with van der Waals surface area (Å²) in [7, 11) is -3.94. The number of halogens is 2. The molecule has 0 heterocycles. The van der Waals surface area contributed by atoms with Crippen LogP contribution in [0.1, 0.15) is 18.4 Å². The van der Waals surface area contributed by atoms with Gasteiger partial charge in [-0.05, 0) is 48.9 Å². The number of sulfone groups is 1. The fraction of sp³-hybridized carbons (Fsp3) is 0.316. The van der Waals surface area contributed by atoms with E-state index in [1.165, 1.54) is 42.5 Å². The van der Waals surface area contributed by atoms with E-state index < -0.39 is 38.2 Å². The predicted octanol–water partition coefficient (Wildman–Crippen LogP) is 2.93. The maximum atomic E-state index is 13.7. The Bertz CT molecular complexity index is 964. The lowest BCUT2D eigenvalue weighted by atomic mass is 9.99. The van der Waals surface area contributed by atoms with Gasteiger partial charge in [-0.25, -0.2) is 12.8 Å². The quantitative estimate of drug-likeness (QED) is 0.738. The number of carbonyl (C=O) groups is 1. The molecule has 2 aromatic carbocycles. The molecular weight excluding hydrogens is 393 g/mol. The van der Waals surface area contributed by atoms with Crippen molar-refractivity contribution >= 4 is 27.4 Å². The van der Waals surface area contributed by atoms with Crippen molar-refractivity contribution in [1.29, 1.82) is 0 Å². The SMILES string of the molecule is CCOC(=O)[C@]1(CN)[C@H](c2cccc(F)c2)[C@@H]1S(=O)(=O)c1ccc(Cl)cc1. The van der Waals surface area contributed by atoms with Gasteiger partial charge < -0.3 is 10.5 Å². The van der Waals surface area contributed by atoms with Gasteiger partial charge in [0.15, 0.2) is 9.84 Å². The van der Waals surface area contributed by atoms with Crippen LogP contribution in [0, 0.1) is 11.2 Å². The molecule has 0 aromatic heterocycles. The number of hydrogen-bond donors (Lipinski definition) is 1. The lowest BCUT2D eigenvalue weighted by molar-refractivity contribution is -0.149. The molecule has 0 bridgehead atoms. The smallest absolute Gasteiger partial charge is 0.315 e. The number of carbonyl (C=O) groups excluding carboxylic acids is 1. The highest BCUT2D eigenvalue weighted by Gasteiger charge is 2.75. The number of benzene rings is 2. The molecule has 8 heteroatoms. The Kier molecular flexibility index (Phi) is 5.29. The average Bonchev–Trinajstić information content (AvgIpc) is 3.34. The van der Waals surface area contributed by atoms with Crippen LogP contribution in [-0.2, 0) is 19.4 Å². The Morgan fingerprint density at radius 2 is 1.93 bits per heavy atom. The first-order valence-electron chi connectivity index (χ1n) is 8.41. The molecule has 27 heavy (non-hydrogen) atoms. The summed E-state index contributed by atoms with van der Waals surface area (Å²) in [6.45, 7) is 1.49. The molecule has 1 aliphatic carbocycles. The van der Waals surface area contributed by atoms with Crippen molar-refractivity contribution < 1.29 is 22.3 Å². The molecule has 3 atom stereocenters. The van der Waals surface area contributed by atoms with E-state index in [4.69, 9.17) is 22.1 Å². The van der Waals surface area contributed by atoms with E-state index in [-0.39, 0.29) is 18.0 Å². The topological polar surface area (TPSA) is 86.5 Å². The van der Waals surface area contributed by atoms with E-state index >= 15 is 0 Å². The first kappa shape index (κ1) is 19.8. The minimum Gasteiger partial charge on any atom is -0.465 e. The molecular formula is C19H19ClFNO4S. The second-order valence-corrected chi connectivity index (χ2v) is 8.92. The van der Waals surface area contributed by atoms with Gasteiger partial charge in [0.05, 0.1) is 16.8 Å². The van der Waals surface area contributed by atoms with Crippen LogP contribution >= 0.6 is 11.6 Å². The fourth-order valence-electron chi connectivity index (χ4n) is 3.64. The Labute approximate surface area is 162 Å². The Morgan fingerprint density at radius 3 is 2.48 bits per heavy atom. The van der Waals surface area contributed by atoms with Gasteiger partial charge >= 0.3 is 5.97 Å². The van der Waals surface area contributed by atoms with Gasteiger partial charge in [0.1, 0.15) is 11.2 Å². The van der Waals surface area contributed by atoms with Gasteiger partial charge in [-0.1, -0.05) is 23.7 Å². The van der Waals surface area contributed by atoms with E-state index in [0.717, 1.165) is 0 Å². The van der Waals surface area contributed by atoms with Gasteiger partial charge in [-0.3, -0.25) is 4.79 Å². The zero-order valence-corrected chi connectivity index (χ0v) is 16.1. The maximum Gasteiger partial charge on any atom is 0.315 e. The summed E-state index contributed by atoms with van der Waals surface area (Å²) >= 11 is 5.84. The average molecular weight is 412 g/mol. The van der Waals surface area contributed by atoms with E-state index in [1.54, 1.807) is 13.0 Å². The highest BCUT2D eigenvalue weighted by atomic mass is 35.5. The summed E-state index contributed by atoms with van der Waals surface area (Å²) in [5.74, 6) is -2.00. The first-order chi connectivity index (χ1) is 12.8. The number of hydrogen-bond acceptors (Lipinski definition) is 5. The van der Waals surface area contributed by atoms with Gasteiger partial charge in [-0.15, -0.1) is 0 Å². The molecule has 0 saturated heterocycles. The predicted molar refractivity (Wildman–Crippen MR) is 99.7 cm³/mol. The standard InChI is InChI=1S/C19H19ClFNO4S/c1-2-26-18(23)19(11-22)16(12-4-3-5-14(21)10-12)17(19)27(24,25)15-8-6-13(20)7-9-15/h3-10,16-17H,2,11,22H2,1H3/t16-,17+,19-/m1/s1. The molecule has 0 spiro atoms. The van der Waals surface area contributed by atoms with Crippen molar-refractivity contribution in [2.24, 2.45) is 11.1 Å². The Morgan fingerprint density at radius 1 is 1.26 bits per heavy atom. The third kappa shape index (κ3) is 3.24. The summed E-state index contributed by atoms with van der Waals surface area (Å²) in [6, 6.07) is 11.2. The van der Waals surface area contributed by atoms with Crippen LogP contribution in [0.4, 0.5) is 4.39 Å². The van der Waals surface area contributed by atoms with Crippen molar-refractivity contribution in [2.75, 3.05) is 13.2 Å². The van der Waals surface area contributed by atoms with Crippen LogP contribution in [0.2, 0.25) is 5.02 Å². The molecule has 1 saturated carbocycles. The molecule has 0 radical (unpaired) electrons. The number of ether oxygens (including phenoxy) is 1. The van der Waals surface area contributed by atoms with Crippen molar-refractivity contribution in [3.05, 3.63) is 64.9 Å². The van der Waals surface area contributed by atoms with Gasteiger partial charge in [0.25, 0.3) is 0 Å². The third-order valence-electron chi connectivity index (χ3n) is 4.93. The van der Waals surface area contributed by atoms with Crippen LogP contribution in [0.25, 0.3) is 0 Å². The molecule has 2 aromatic rings. The van der Waals surface area contributed by atoms with E-state index in [0.29, 0.717) is 10.6 Å². The summed E-state index contributed by atoms with van der Waals surface area (Å²) in [5, 5.41) is -0.751. The lowest BCUT2D eigenvalue weighted by Crippen LogP contribution is -2.33. The highest BCUT2D eigenvalue weighted by molar-refractivity contribution is 7.92. The van der Waals surface area contributed by atoms with Gasteiger partial charge in [0.2, 0.25) is 0 Å². The van der Waals surface area contributed by atoms with Gasteiger partial charge in [-0.2, -0.15) is 0 Å². The molecule has 1 fully saturated rings. The van der Waals surface area contributed by atoms with Crippen molar-refractivity contribution in [3.63, 3.8) is 0 Å². The number of rotatable bonds is 6. The largest absolute Gasteiger partial charge is 0.465 e. The monoisotopic (exact) mass is 411 g/mol. The molecule has 0 unspecified atom stereocenters. The second kappa shape index (κ2) is 7.22. The summed E-state index contributed by atoms with van der Waals surface area (Å²) in [4.78, 5) is 12.7. The van der Waals surface area contributed by atoms with Crippen molar-refractivity contribution in [2.45, 2.75) is 23.0 Å². The van der Waals surface area contributed by atoms with Crippen molar-refractivity contribution in [3.8, 4) is 0 Å². The number of nitrogens with two attached hydrogens (primary N) is 1.